The van der Waals surface area contributed by atoms with Crippen molar-refractivity contribution in [1.82, 2.24) is 0 Å². The standard InChI is InChI=1S/C15H19NO4/c1-19-14(17)10-20-13-8-4-7-12(9-13)16-15(18)11-5-2-3-6-11/h4,7-9,11H,2-3,5-6,10H2,1H3,(H,16,18). The Bertz CT molecular complexity index is 481. The molecule has 1 fully saturated rings. The maximum absolute atomic E-state index is 12.0. The molecule has 0 unspecified atom stereocenters. The number of rotatable bonds is 5. The number of ether oxygens (including phenoxy) is 2. The van der Waals surface area contributed by atoms with Gasteiger partial charge in [-0.25, -0.2) is 4.79 Å². The van der Waals surface area contributed by atoms with E-state index in [1.165, 1.54) is 7.11 Å². The summed E-state index contributed by atoms with van der Waals surface area (Å²) in [6, 6.07) is 7.01. The third-order valence-corrected chi connectivity index (χ3v) is 3.41. The van der Waals surface area contributed by atoms with Gasteiger partial charge < -0.3 is 14.8 Å². The normalized spacial score (nSPS) is 14.8. The van der Waals surface area contributed by atoms with Gasteiger partial charge in [0.2, 0.25) is 5.91 Å². The smallest absolute Gasteiger partial charge is 0.343 e. The van der Waals surface area contributed by atoms with Crippen molar-refractivity contribution in [3.8, 4) is 5.75 Å². The zero-order valence-corrected chi connectivity index (χ0v) is 11.6. The number of carbonyl (C=O) groups excluding carboxylic acids is 2. The molecule has 1 saturated carbocycles. The summed E-state index contributed by atoms with van der Waals surface area (Å²) in [5.74, 6) is 0.271. The van der Waals surface area contributed by atoms with Gasteiger partial charge in [0.1, 0.15) is 5.75 Å². The predicted molar refractivity (Wildman–Crippen MR) is 74.5 cm³/mol. The van der Waals surface area contributed by atoms with Crippen molar-refractivity contribution in [2.24, 2.45) is 5.92 Å². The summed E-state index contributed by atoms with van der Waals surface area (Å²) < 4.78 is 9.78. The number of anilines is 1. The number of esters is 1. The van der Waals surface area contributed by atoms with E-state index in [2.05, 4.69) is 10.1 Å². The lowest BCUT2D eigenvalue weighted by Crippen LogP contribution is -2.20. The first-order chi connectivity index (χ1) is 9.69. The quantitative estimate of drug-likeness (QED) is 0.839. The highest BCUT2D eigenvalue weighted by Gasteiger charge is 2.22. The summed E-state index contributed by atoms with van der Waals surface area (Å²) in [6.45, 7) is -0.142. The Morgan fingerprint density at radius 1 is 1.30 bits per heavy atom. The fourth-order valence-electron chi connectivity index (χ4n) is 2.30. The van der Waals surface area contributed by atoms with Crippen LogP contribution in [0.5, 0.6) is 5.75 Å². The molecule has 2 rings (SSSR count). The van der Waals surface area contributed by atoms with E-state index >= 15 is 0 Å². The summed E-state index contributed by atoms with van der Waals surface area (Å²) in [4.78, 5) is 23.0. The van der Waals surface area contributed by atoms with Gasteiger partial charge in [0.05, 0.1) is 7.11 Å². The largest absolute Gasteiger partial charge is 0.482 e. The molecular weight excluding hydrogens is 258 g/mol. The van der Waals surface area contributed by atoms with Gasteiger partial charge in [-0.3, -0.25) is 4.79 Å². The molecule has 0 saturated heterocycles. The maximum atomic E-state index is 12.0. The molecule has 0 heterocycles. The average molecular weight is 277 g/mol. The van der Waals surface area contributed by atoms with Crippen molar-refractivity contribution >= 4 is 17.6 Å². The van der Waals surface area contributed by atoms with E-state index in [9.17, 15) is 9.59 Å². The van der Waals surface area contributed by atoms with Gasteiger partial charge in [-0.15, -0.1) is 0 Å². The Morgan fingerprint density at radius 2 is 2.05 bits per heavy atom. The van der Waals surface area contributed by atoms with E-state index in [4.69, 9.17) is 4.74 Å². The van der Waals surface area contributed by atoms with E-state index in [0.29, 0.717) is 11.4 Å². The third-order valence-electron chi connectivity index (χ3n) is 3.41. The molecule has 20 heavy (non-hydrogen) atoms. The minimum Gasteiger partial charge on any atom is -0.482 e. The lowest BCUT2D eigenvalue weighted by molar-refractivity contribution is -0.142. The second-order valence-electron chi connectivity index (χ2n) is 4.86. The van der Waals surface area contributed by atoms with Gasteiger partial charge >= 0.3 is 5.97 Å². The molecule has 5 heteroatoms. The fraction of sp³-hybridized carbons (Fsp3) is 0.467. The van der Waals surface area contributed by atoms with Gasteiger partial charge in [0.15, 0.2) is 6.61 Å². The van der Waals surface area contributed by atoms with Gasteiger partial charge in [0, 0.05) is 17.7 Å². The Kier molecular flexibility index (Phi) is 4.98. The van der Waals surface area contributed by atoms with Crippen molar-refractivity contribution < 1.29 is 19.1 Å². The predicted octanol–water partition coefficient (Wildman–Crippen LogP) is 2.37. The SMILES string of the molecule is COC(=O)COc1cccc(NC(=O)C2CCCC2)c1. The topological polar surface area (TPSA) is 64.6 Å². The van der Waals surface area contributed by atoms with E-state index < -0.39 is 5.97 Å². The summed E-state index contributed by atoms with van der Waals surface area (Å²) in [6.07, 6.45) is 4.18. The van der Waals surface area contributed by atoms with Crippen molar-refractivity contribution in [2.45, 2.75) is 25.7 Å². The summed E-state index contributed by atoms with van der Waals surface area (Å²) >= 11 is 0. The second-order valence-corrected chi connectivity index (χ2v) is 4.86. The molecule has 1 aromatic carbocycles. The van der Waals surface area contributed by atoms with E-state index in [1.54, 1.807) is 24.3 Å². The summed E-state index contributed by atoms with van der Waals surface area (Å²) in [5, 5.41) is 2.89. The summed E-state index contributed by atoms with van der Waals surface area (Å²) in [5.41, 5.74) is 0.685. The van der Waals surface area contributed by atoms with Crippen LogP contribution in [0.3, 0.4) is 0 Å². The first-order valence-corrected chi connectivity index (χ1v) is 6.79. The first-order valence-electron chi connectivity index (χ1n) is 6.79. The van der Waals surface area contributed by atoms with Crippen LogP contribution in [0.15, 0.2) is 24.3 Å². The van der Waals surface area contributed by atoms with Crippen molar-refractivity contribution in [2.75, 3.05) is 19.0 Å². The van der Waals surface area contributed by atoms with Crippen LogP contribution in [0.2, 0.25) is 0 Å². The Hall–Kier alpha value is -2.04. The molecule has 1 aromatic rings. The molecule has 1 amide bonds. The first kappa shape index (κ1) is 14.4. The maximum Gasteiger partial charge on any atom is 0.343 e. The number of amides is 1. The molecule has 1 aliphatic carbocycles. The molecule has 0 atom stereocenters. The van der Waals surface area contributed by atoms with Crippen LogP contribution in [0.1, 0.15) is 25.7 Å². The van der Waals surface area contributed by atoms with Crippen molar-refractivity contribution in [3.63, 3.8) is 0 Å². The summed E-state index contributed by atoms with van der Waals surface area (Å²) in [7, 11) is 1.31. The average Bonchev–Trinajstić information content (AvgIpc) is 2.99. The van der Waals surface area contributed by atoms with Gasteiger partial charge in [0.25, 0.3) is 0 Å². The Morgan fingerprint density at radius 3 is 2.75 bits per heavy atom. The number of carbonyl (C=O) groups is 2. The molecule has 0 spiro atoms. The Balaban J connectivity index is 1.91. The highest BCUT2D eigenvalue weighted by atomic mass is 16.6. The van der Waals surface area contributed by atoms with Crippen molar-refractivity contribution in [1.29, 1.82) is 0 Å². The van der Waals surface area contributed by atoms with Crippen LogP contribution in [-0.4, -0.2) is 25.6 Å². The van der Waals surface area contributed by atoms with Crippen LogP contribution in [0, 0.1) is 5.92 Å². The molecular formula is C15H19NO4. The zero-order chi connectivity index (χ0) is 14.4. The highest BCUT2D eigenvalue weighted by Crippen LogP contribution is 2.26. The van der Waals surface area contributed by atoms with Crippen LogP contribution >= 0.6 is 0 Å². The van der Waals surface area contributed by atoms with Gasteiger partial charge in [-0.05, 0) is 25.0 Å². The Labute approximate surface area is 118 Å². The molecule has 0 bridgehead atoms. The molecule has 1 aliphatic rings. The number of nitrogens with one attached hydrogen (secondary N) is 1. The lowest BCUT2D eigenvalue weighted by atomic mass is 10.1. The zero-order valence-electron chi connectivity index (χ0n) is 11.6. The molecule has 0 radical (unpaired) electrons. The lowest BCUT2D eigenvalue weighted by Gasteiger charge is -2.11. The molecule has 108 valence electrons. The number of methoxy groups -OCH3 is 1. The van der Waals surface area contributed by atoms with Gasteiger partial charge in [-0.2, -0.15) is 0 Å². The monoisotopic (exact) mass is 277 g/mol. The number of hydrogen-bond donors (Lipinski definition) is 1. The van der Waals surface area contributed by atoms with Crippen LogP contribution in [0.4, 0.5) is 5.69 Å². The van der Waals surface area contributed by atoms with Crippen LogP contribution in [0.25, 0.3) is 0 Å². The molecule has 0 aliphatic heterocycles. The minimum atomic E-state index is -0.439. The third kappa shape index (κ3) is 3.98. The van der Waals surface area contributed by atoms with Crippen LogP contribution in [-0.2, 0) is 14.3 Å². The van der Waals surface area contributed by atoms with Crippen LogP contribution < -0.4 is 10.1 Å². The second kappa shape index (κ2) is 6.93. The molecule has 0 aromatic heterocycles. The van der Waals surface area contributed by atoms with E-state index in [-0.39, 0.29) is 18.4 Å². The highest BCUT2D eigenvalue weighted by molar-refractivity contribution is 5.92. The number of hydrogen-bond acceptors (Lipinski definition) is 4. The van der Waals surface area contributed by atoms with E-state index in [1.807, 2.05) is 0 Å². The molecule has 5 nitrogen and oxygen atoms in total. The fourth-order valence-corrected chi connectivity index (χ4v) is 2.30. The van der Waals surface area contributed by atoms with Gasteiger partial charge in [-0.1, -0.05) is 18.9 Å². The molecule has 1 N–H and O–H groups in total. The van der Waals surface area contributed by atoms with E-state index in [0.717, 1.165) is 25.7 Å². The minimum absolute atomic E-state index is 0.0626. The number of benzene rings is 1. The van der Waals surface area contributed by atoms with Crippen molar-refractivity contribution in [3.05, 3.63) is 24.3 Å².